The fourth-order valence-electron chi connectivity index (χ4n) is 2.52. The summed E-state index contributed by atoms with van der Waals surface area (Å²) < 4.78 is 25.0. The molecule has 0 saturated carbocycles. The van der Waals surface area contributed by atoms with Gasteiger partial charge in [0.25, 0.3) is 5.95 Å². The first kappa shape index (κ1) is 19.2. The van der Waals surface area contributed by atoms with Crippen LogP contribution in [0.3, 0.4) is 0 Å². The molecule has 2 aromatic rings. The van der Waals surface area contributed by atoms with Crippen LogP contribution in [0.25, 0.3) is 11.4 Å². The summed E-state index contributed by atoms with van der Waals surface area (Å²) in [5.41, 5.74) is 0.741. The molecule has 0 atom stereocenters. The van der Waals surface area contributed by atoms with E-state index in [9.17, 15) is 4.39 Å². The van der Waals surface area contributed by atoms with Gasteiger partial charge in [0.2, 0.25) is 0 Å². The molecule has 1 aromatic heterocycles. The zero-order chi connectivity index (χ0) is 17.9. The van der Waals surface area contributed by atoms with Gasteiger partial charge >= 0.3 is 0 Å². The summed E-state index contributed by atoms with van der Waals surface area (Å²) in [4.78, 5) is 8.12. The topological polar surface area (TPSA) is 44.2 Å². The maximum absolute atomic E-state index is 14.1. The standard InChI is InChI=1S/C20H27FN2O2/c1-3-5-6-7-8-9-14-25-18-15-22-20(23-19(18)21)16-10-12-17(13-11-16)24-4-2/h10-13,15H,3-9,14H2,1-2H3. The van der Waals surface area contributed by atoms with Gasteiger partial charge in [-0.1, -0.05) is 39.0 Å². The van der Waals surface area contributed by atoms with Crippen LogP contribution in [0.5, 0.6) is 11.5 Å². The maximum Gasteiger partial charge on any atom is 0.258 e. The monoisotopic (exact) mass is 346 g/mol. The number of nitrogens with zero attached hydrogens (tertiary/aromatic N) is 2. The average molecular weight is 346 g/mol. The molecule has 0 fully saturated rings. The van der Waals surface area contributed by atoms with E-state index in [-0.39, 0.29) is 5.75 Å². The molecule has 0 saturated heterocycles. The van der Waals surface area contributed by atoms with Gasteiger partial charge in [0.05, 0.1) is 19.4 Å². The van der Waals surface area contributed by atoms with E-state index in [0.29, 0.717) is 19.0 Å². The van der Waals surface area contributed by atoms with Gasteiger partial charge in [-0.05, 0) is 37.6 Å². The number of aromatic nitrogens is 2. The molecule has 2 rings (SSSR count). The van der Waals surface area contributed by atoms with Crippen LogP contribution in [0.15, 0.2) is 30.5 Å². The van der Waals surface area contributed by atoms with Crippen LogP contribution in [0, 0.1) is 5.95 Å². The summed E-state index contributed by atoms with van der Waals surface area (Å²) in [5.74, 6) is 0.603. The highest BCUT2D eigenvalue weighted by atomic mass is 19.1. The zero-order valence-electron chi connectivity index (χ0n) is 15.1. The number of rotatable bonds is 11. The van der Waals surface area contributed by atoms with Gasteiger partial charge in [-0.25, -0.2) is 4.98 Å². The molecule has 0 aliphatic carbocycles. The normalized spacial score (nSPS) is 10.7. The Morgan fingerprint density at radius 3 is 2.32 bits per heavy atom. The second-order valence-corrected chi connectivity index (χ2v) is 5.92. The van der Waals surface area contributed by atoms with Crippen LogP contribution in [-0.2, 0) is 0 Å². The lowest BCUT2D eigenvalue weighted by Gasteiger charge is -2.08. The molecule has 0 bridgehead atoms. The minimum Gasteiger partial charge on any atom is -0.494 e. The third kappa shape index (κ3) is 6.33. The van der Waals surface area contributed by atoms with E-state index < -0.39 is 5.95 Å². The number of benzene rings is 1. The van der Waals surface area contributed by atoms with Crippen LogP contribution >= 0.6 is 0 Å². The van der Waals surface area contributed by atoms with Crippen molar-refractivity contribution in [3.8, 4) is 22.9 Å². The molecule has 5 heteroatoms. The molecule has 1 aromatic carbocycles. The van der Waals surface area contributed by atoms with Gasteiger partial charge in [-0.3, -0.25) is 0 Å². The van der Waals surface area contributed by atoms with Crippen LogP contribution in [-0.4, -0.2) is 23.2 Å². The summed E-state index contributed by atoms with van der Waals surface area (Å²) in [6.07, 6.45) is 8.40. The van der Waals surface area contributed by atoms with E-state index in [2.05, 4.69) is 16.9 Å². The summed E-state index contributed by atoms with van der Waals surface area (Å²) in [6.45, 7) is 5.23. The Bertz CT molecular complexity index is 632. The number of unbranched alkanes of at least 4 members (excludes halogenated alkanes) is 5. The lowest BCUT2D eigenvalue weighted by molar-refractivity contribution is 0.284. The van der Waals surface area contributed by atoms with Crippen molar-refractivity contribution in [2.75, 3.05) is 13.2 Å². The van der Waals surface area contributed by atoms with Crippen LogP contribution in [0.2, 0.25) is 0 Å². The highest BCUT2D eigenvalue weighted by Gasteiger charge is 2.09. The third-order valence-corrected chi connectivity index (χ3v) is 3.89. The molecule has 0 aliphatic heterocycles. The van der Waals surface area contributed by atoms with Gasteiger partial charge in [-0.2, -0.15) is 9.37 Å². The van der Waals surface area contributed by atoms with E-state index in [1.807, 2.05) is 31.2 Å². The highest BCUT2D eigenvalue weighted by Crippen LogP contribution is 2.22. The van der Waals surface area contributed by atoms with Crippen molar-refractivity contribution in [3.05, 3.63) is 36.4 Å². The number of hydrogen-bond acceptors (Lipinski definition) is 4. The molecule has 0 radical (unpaired) electrons. The molecule has 0 unspecified atom stereocenters. The minimum absolute atomic E-state index is 0.114. The first-order chi connectivity index (χ1) is 12.2. The number of ether oxygens (including phenoxy) is 2. The maximum atomic E-state index is 14.1. The van der Waals surface area contributed by atoms with Gasteiger partial charge < -0.3 is 9.47 Å². The Hall–Kier alpha value is -2.17. The first-order valence-corrected chi connectivity index (χ1v) is 9.13. The summed E-state index contributed by atoms with van der Waals surface area (Å²) in [7, 11) is 0. The molecular weight excluding hydrogens is 319 g/mol. The van der Waals surface area contributed by atoms with Gasteiger partial charge in [0, 0.05) is 5.56 Å². The lowest BCUT2D eigenvalue weighted by Crippen LogP contribution is -2.02. The summed E-state index contributed by atoms with van der Waals surface area (Å²) in [6, 6.07) is 7.28. The number of hydrogen-bond donors (Lipinski definition) is 0. The second kappa shape index (κ2) is 10.6. The minimum atomic E-state index is -0.620. The molecule has 136 valence electrons. The van der Waals surface area contributed by atoms with Gasteiger partial charge in [-0.15, -0.1) is 0 Å². The van der Waals surface area contributed by atoms with E-state index in [4.69, 9.17) is 9.47 Å². The molecule has 0 N–H and O–H groups in total. The van der Waals surface area contributed by atoms with Gasteiger partial charge in [0.1, 0.15) is 5.75 Å². The van der Waals surface area contributed by atoms with Crippen molar-refractivity contribution in [2.45, 2.75) is 52.4 Å². The molecule has 0 spiro atoms. The quantitative estimate of drug-likeness (QED) is 0.402. The van der Waals surface area contributed by atoms with Crippen molar-refractivity contribution in [1.29, 1.82) is 0 Å². The predicted molar refractivity (Wildman–Crippen MR) is 97.5 cm³/mol. The Labute approximate surface area is 149 Å². The molecule has 0 amide bonds. The van der Waals surface area contributed by atoms with Crippen LogP contribution in [0.1, 0.15) is 52.4 Å². The fraction of sp³-hybridized carbons (Fsp3) is 0.500. The first-order valence-electron chi connectivity index (χ1n) is 9.13. The van der Waals surface area contributed by atoms with Crippen molar-refractivity contribution >= 4 is 0 Å². The van der Waals surface area contributed by atoms with E-state index in [1.165, 1.54) is 31.9 Å². The average Bonchev–Trinajstić information content (AvgIpc) is 2.63. The van der Waals surface area contributed by atoms with Crippen molar-refractivity contribution in [3.63, 3.8) is 0 Å². The second-order valence-electron chi connectivity index (χ2n) is 5.92. The van der Waals surface area contributed by atoms with E-state index in [1.54, 1.807) is 0 Å². The van der Waals surface area contributed by atoms with Crippen molar-refractivity contribution in [1.82, 2.24) is 9.97 Å². The zero-order valence-corrected chi connectivity index (χ0v) is 15.1. The smallest absolute Gasteiger partial charge is 0.258 e. The Morgan fingerprint density at radius 2 is 1.64 bits per heavy atom. The Kier molecular flexibility index (Phi) is 8.16. The SMILES string of the molecule is CCCCCCCCOc1cnc(-c2ccc(OCC)cc2)nc1F. The van der Waals surface area contributed by atoms with Gasteiger partial charge in [0.15, 0.2) is 11.6 Å². The molecule has 0 aliphatic rings. The largest absolute Gasteiger partial charge is 0.494 e. The van der Waals surface area contributed by atoms with Crippen LogP contribution in [0.4, 0.5) is 4.39 Å². The van der Waals surface area contributed by atoms with Crippen LogP contribution < -0.4 is 9.47 Å². The number of halogens is 1. The molecular formula is C20H27FN2O2. The molecule has 1 heterocycles. The lowest BCUT2D eigenvalue weighted by atomic mass is 10.1. The Balaban J connectivity index is 1.85. The Morgan fingerprint density at radius 1 is 0.920 bits per heavy atom. The summed E-state index contributed by atoms with van der Waals surface area (Å²) in [5, 5.41) is 0. The van der Waals surface area contributed by atoms with Crippen molar-refractivity contribution in [2.24, 2.45) is 0 Å². The highest BCUT2D eigenvalue weighted by molar-refractivity contribution is 5.56. The predicted octanol–water partition coefficient (Wildman–Crippen LogP) is 5.42. The molecule has 25 heavy (non-hydrogen) atoms. The van der Waals surface area contributed by atoms with E-state index >= 15 is 0 Å². The summed E-state index contributed by atoms with van der Waals surface area (Å²) >= 11 is 0. The fourth-order valence-corrected chi connectivity index (χ4v) is 2.52. The molecule has 4 nitrogen and oxygen atoms in total. The van der Waals surface area contributed by atoms with E-state index in [0.717, 1.165) is 24.2 Å². The van der Waals surface area contributed by atoms with Crippen molar-refractivity contribution < 1.29 is 13.9 Å². The third-order valence-electron chi connectivity index (χ3n) is 3.89.